The van der Waals surface area contributed by atoms with Crippen LogP contribution in [0, 0.1) is 20.2 Å². The number of nitrogens with zero attached hydrogens (tertiary/aromatic N) is 2. The number of thioether (sulfide) groups is 1. The first kappa shape index (κ1) is 17.3. The number of benzene rings is 1. The Balaban J connectivity index is 2.51. The van der Waals surface area contributed by atoms with E-state index in [0.717, 1.165) is 24.0 Å². The summed E-state index contributed by atoms with van der Waals surface area (Å²) in [6.07, 6.45) is 0.749. The number of aliphatic hydroxyl groups is 1. The minimum absolute atomic E-state index is 0.176. The highest BCUT2D eigenvalue weighted by atomic mass is 32.2. The lowest BCUT2D eigenvalue weighted by Crippen LogP contribution is -2.17. The molecule has 0 amide bonds. The fourth-order valence-corrected chi connectivity index (χ4v) is 2.45. The summed E-state index contributed by atoms with van der Waals surface area (Å²) in [7, 11) is 0. The van der Waals surface area contributed by atoms with Crippen molar-refractivity contribution in [2.24, 2.45) is 0 Å². The molecule has 9 heteroatoms. The van der Waals surface area contributed by atoms with E-state index in [1.54, 1.807) is 11.8 Å². The van der Waals surface area contributed by atoms with Crippen LogP contribution in [0.3, 0.4) is 0 Å². The smallest absolute Gasteiger partial charge is 0.280 e. The zero-order valence-electron chi connectivity index (χ0n) is 11.4. The monoisotopic (exact) mass is 315 g/mol. The molecule has 1 aromatic carbocycles. The first-order chi connectivity index (χ1) is 10.1. The van der Waals surface area contributed by atoms with Gasteiger partial charge in [-0.15, -0.1) is 0 Å². The van der Waals surface area contributed by atoms with Gasteiger partial charge >= 0.3 is 0 Å². The van der Waals surface area contributed by atoms with Gasteiger partial charge in [0.05, 0.1) is 15.9 Å². The van der Waals surface area contributed by atoms with Crippen LogP contribution in [-0.4, -0.2) is 39.6 Å². The predicted molar refractivity (Wildman–Crippen MR) is 80.5 cm³/mol. The van der Waals surface area contributed by atoms with Crippen molar-refractivity contribution in [3.05, 3.63) is 44.0 Å². The molecule has 0 aromatic heterocycles. The maximum absolute atomic E-state index is 10.9. The summed E-state index contributed by atoms with van der Waals surface area (Å²) >= 11 is 1.68. The predicted octanol–water partition coefficient (Wildman–Crippen LogP) is 1.71. The molecule has 0 heterocycles. The fourth-order valence-electron chi connectivity index (χ4n) is 1.62. The van der Waals surface area contributed by atoms with Gasteiger partial charge in [-0.1, -0.05) is 0 Å². The van der Waals surface area contributed by atoms with Gasteiger partial charge in [-0.05, 0) is 18.2 Å². The molecule has 0 spiro atoms. The third kappa shape index (κ3) is 6.06. The van der Waals surface area contributed by atoms with Crippen LogP contribution in [0.5, 0.6) is 0 Å². The number of nitrogens with one attached hydrogen (secondary N) is 1. The Kier molecular flexibility index (Phi) is 7.65. The van der Waals surface area contributed by atoms with Crippen molar-refractivity contribution in [1.82, 2.24) is 5.32 Å². The normalized spacial score (nSPS) is 10.5. The Bertz CT molecular complexity index is 498. The first-order valence-electron chi connectivity index (χ1n) is 6.37. The molecule has 0 bridgehead atoms. The van der Waals surface area contributed by atoms with Crippen molar-refractivity contribution in [3.63, 3.8) is 0 Å². The first-order valence-corrected chi connectivity index (χ1v) is 7.52. The van der Waals surface area contributed by atoms with Crippen molar-refractivity contribution >= 4 is 23.1 Å². The Morgan fingerprint density at radius 1 is 1.19 bits per heavy atom. The molecule has 0 saturated heterocycles. The molecule has 0 radical (unpaired) electrons. The van der Waals surface area contributed by atoms with Crippen LogP contribution in [0.4, 0.5) is 11.4 Å². The van der Waals surface area contributed by atoms with Crippen LogP contribution >= 0.6 is 11.8 Å². The Morgan fingerprint density at radius 2 is 1.95 bits per heavy atom. The van der Waals surface area contributed by atoms with Crippen LogP contribution in [0.15, 0.2) is 18.2 Å². The van der Waals surface area contributed by atoms with Gasteiger partial charge in [0.25, 0.3) is 11.4 Å². The van der Waals surface area contributed by atoms with E-state index in [1.165, 1.54) is 12.1 Å². The van der Waals surface area contributed by atoms with Crippen molar-refractivity contribution in [3.8, 4) is 0 Å². The molecular weight excluding hydrogens is 298 g/mol. The van der Waals surface area contributed by atoms with Crippen LogP contribution in [0.2, 0.25) is 0 Å². The maximum atomic E-state index is 10.9. The summed E-state index contributed by atoms with van der Waals surface area (Å²) in [6, 6.07) is 3.65. The number of nitro groups is 2. The zero-order valence-corrected chi connectivity index (χ0v) is 12.2. The van der Waals surface area contributed by atoms with Crippen molar-refractivity contribution < 1.29 is 15.0 Å². The maximum Gasteiger partial charge on any atom is 0.280 e. The minimum atomic E-state index is -0.651. The van der Waals surface area contributed by atoms with E-state index in [-0.39, 0.29) is 24.5 Å². The summed E-state index contributed by atoms with van der Waals surface area (Å²) in [4.78, 5) is 20.3. The summed E-state index contributed by atoms with van der Waals surface area (Å²) in [5.74, 6) is 1.70. The van der Waals surface area contributed by atoms with E-state index in [9.17, 15) is 20.2 Å². The molecule has 0 aliphatic heterocycles. The molecule has 116 valence electrons. The van der Waals surface area contributed by atoms with Gasteiger partial charge in [-0.25, -0.2) is 0 Å². The van der Waals surface area contributed by atoms with E-state index in [1.807, 2.05) is 0 Å². The quantitative estimate of drug-likeness (QED) is 0.383. The van der Waals surface area contributed by atoms with E-state index >= 15 is 0 Å². The number of hydrogen-bond acceptors (Lipinski definition) is 7. The lowest BCUT2D eigenvalue weighted by Gasteiger charge is -2.05. The topological polar surface area (TPSA) is 119 Å². The number of non-ortho nitro benzene ring substituents is 1. The zero-order chi connectivity index (χ0) is 15.7. The Labute approximate surface area is 125 Å². The van der Waals surface area contributed by atoms with Gasteiger partial charge in [-0.2, -0.15) is 11.8 Å². The third-order valence-electron chi connectivity index (χ3n) is 2.66. The summed E-state index contributed by atoms with van der Waals surface area (Å²) in [5, 5.41) is 33.2. The van der Waals surface area contributed by atoms with Crippen LogP contribution < -0.4 is 5.32 Å². The molecule has 0 saturated carbocycles. The van der Waals surface area contributed by atoms with Gasteiger partial charge in [0.1, 0.15) is 0 Å². The molecule has 1 rings (SSSR count). The van der Waals surface area contributed by atoms with Gasteiger partial charge in [0, 0.05) is 37.1 Å². The molecule has 0 unspecified atom stereocenters. The van der Waals surface area contributed by atoms with Gasteiger partial charge in [0.15, 0.2) is 0 Å². The van der Waals surface area contributed by atoms with E-state index in [0.29, 0.717) is 12.1 Å². The van der Waals surface area contributed by atoms with Crippen LogP contribution in [-0.2, 0) is 6.54 Å². The molecule has 0 atom stereocenters. The van der Waals surface area contributed by atoms with Gasteiger partial charge in [-0.3, -0.25) is 20.2 Å². The average molecular weight is 315 g/mol. The Hall–Kier alpha value is -1.71. The number of nitro benzene ring substituents is 2. The second kappa shape index (κ2) is 9.27. The van der Waals surface area contributed by atoms with Crippen molar-refractivity contribution in [1.29, 1.82) is 0 Å². The van der Waals surface area contributed by atoms with Gasteiger partial charge in [0.2, 0.25) is 0 Å². The SMILES string of the molecule is O=[N+]([O-])c1ccc(CNCCSCCCO)c([N+](=O)[O-])c1. The highest BCUT2D eigenvalue weighted by Crippen LogP contribution is 2.24. The molecule has 8 nitrogen and oxygen atoms in total. The molecule has 1 aromatic rings. The third-order valence-corrected chi connectivity index (χ3v) is 3.73. The lowest BCUT2D eigenvalue weighted by atomic mass is 10.1. The Morgan fingerprint density at radius 3 is 2.57 bits per heavy atom. The summed E-state index contributed by atoms with van der Waals surface area (Å²) in [5.41, 5.74) is -0.111. The summed E-state index contributed by atoms with van der Waals surface area (Å²) < 4.78 is 0. The second-order valence-electron chi connectivity index (χ2n) is 4.19. The standard InChI is InChI=1S/C12H17N3O5S/c16-5-1-6-21-7-4-13-9-10-2-3-11(14(17)18)8-12(10)15(19)20/h2-3,8,13,16H,1,4-7,9H2. The highest BCUT2D eigenvalue weighted by molar-refractivity contribution is 7.99. The molecule has 0 aliphatic rings. The number of hydrogen-bond donors (Lipinski definition) is 2. The molecule has 0 fully saturated rings. The lowest BCUT2D eigenvalue weighted by molar-refractivity contribution is -0.394. The van der Waals surface area contributed by atoms with Crippen LogP contribution in [0.25, 0.3) is 0 Å². The van der Waals surface area contributed by atoms with Crippen molar-refractivity contribution in [2.75, 3.05) is 24.7 Å². The fraction of sp³-hybridized carbons (Fsp3) is 0.500. The van der Waals surface area contributed by atoms with Gasteiger partial charge < -0.3 is 10.4 Å². The highest BCUT2D eigenvalue weighted by Gasteiger charge is 2.18. The average Bonchev–Trinajstić information content (AvgIpc) is 2.46. The minimum Gasteiger partial charge on any atom is -0.396 e. The number of rotatable bonds is 10. The largest absolute Gasteiger partial charge is 0.396 e. The molecule has 21 heavy (non-hydrogen) atoms. The van der Waals surface area contributed by atoms with E-state index in [2.05, 4.69) is 5.32 Å². The summed E-state index contributed by atoms with van der Waals surface area (Å²) in [6.45, 7) is 1.13. The van der Waals surface area contributed by atoms with Crippen molar-refractivity contribution in [2.45, 2.75) is 13.0 Å². The second-order valence-corrected chi connectivity index (χ2v) is 5.42. The molecular formula is C12H17N3O5S. The van der Waals surface area contributed by atoms with E-state index < -0.39 is 9.85 Å². The number of aliphatic hydroxyl groups excluding tert-OH is 1. The molecule has 2 N–H and O–H groups in total. The molecule has 0 aliphatic carbocycles. The van der Waals surface area contributed by atoms with E-state index in [4.69, 9.17) is 5.11 Å². The van der Waals surface area contributed by atoms with Crippen LogP contribution in [0.1, 0.15) is 12.0 Å².